The van der Waals surface area contributed by atoms with Crippen LogP contribution in [0.5, 0.6) is 0 Å². The highest BCUT2D eigenvalue weighted by Crippen LogP contribution is 2.37. The first-order chi connectivity index (χ1) is 10.3. The number of aromatic nitrogens is 2. The van der Waals surface area contributed by atoms with Crippen molar-refractivity contribution >= 4 is 23.4 Å². The van der Waals surface area contributed by atoms with Gasteiger partial charge in [0.1, 0.15) is 0 Å². The quantitative estimate of drug-likeness (QED) is 0.791. The first-order valence-corrected chi connectivity index (χ1v) is 9.25. The lowest BCUT2D eigenvalue weighted by molar-refractivity contribution is 0.181. The summed E-state index contributed by atoms with van der Waals surface area (Å²) >= 11 is 8.51. The van der Waals surface area contributed by atoms with Crippen molar-refractivity contribution in [1.82, 2.24) is 15.1 Å². The van der Waals surface area contributed by atoms with Gasteiger partial charge in [-0.3, -0.25) is 4.68 Å². The molecule has 1 aliphatic rings. The summed E-state index contributed by atoms with van der Waals surface area (Å²) in [6, 6.07) is 0.280. The van der Waals surface area contributed by atoms with Crippen LogP contribution in [0.1, 0.15) is 44.3 Å². The standard InChI is InChI=1S/C15H26ClN3OS/c1-3-7-17-14(13-6-4-5-10-21-13)15-12(16)11-18-19(15)8-9-20-2/h11,13-14,17H,3-10H2,1-2H3. The highest BCUT2D eigenvalue weighted by molar-refractivity contribution is 8.00. The SMILES string of the molecule is CCCNC(c1c(Cl)cnn1CCOC)C1CCCCS1. The second-order valence-corrected chi connectivity index (χ2v) is 7.18. The summed E-state index contributed by atoms with van der Waals surface area (Å²) in [5, 5.41) is 9.48. The van der Waals surface area contributed by atoms with Crippen LogP contribution in [-0.2, 0) is 11.3 Å². The lowest BCUT2D eigenvalue weighted by Crippen LogP contribution is -2.34. The van der Waals surface area contributed by atoms with Crippen LogP contribution in [0.15, 0.2) is 6.20 Å². The maximum Gasteiger partial charge on any atom is 0.0834 e. The summed E-state index contributed by atoms with van der Waals surface area (Å²) in [6.07, 6.45) is 6.78. The molecule has 2 atom stereocenters. The highest BCUT2D eigenvalue weighted by Gasteiger charge is 2.29. The van der Waals surface area contributed by atoms with E-state index in [9.17, 15) is 0 Å². The van der Waals surface area contributed by atoms with Gasteiger partial charge in [0.25, 0.3) is 0 Å². The van der Waals surface area contributed by atoms with Crippen molar-refractivity contribution in [1.29, 1.82) is 0 Å². The van der Waals surface area contributed by atoms with Gasteiger partial charge in [-0.15, -0.1) is 0 Å². The van der Waals surface area contributed by atoms with Crippen LogP contribution < -0.4 is 5.32 Å². The largest absolute Gasteiger partial charge is 0.383 e. The number of halogens is 1. The van der Waals surface area contributed by atoms with Gasteiger partial charge in [0.15, 0.2) is 0 Å². The Labute approximate surface area is 137 Å². The third-order valence-corrected chi connectivity index (χ3v) is 5.59. The Hall–Kier alpha value is -0.230. The molecule has 21 heavy (non-hydrogen) atoms. The summed E-state index contributed by atoms with van der Waals surface area (Å²) in [4.78, 5) is 0. The molecule has 1 aliphatic heterocycles. The van der Waals surface area contributed by atoms with Gasteiger partial charge < -0.3 is 10.1 Å². The zero-order valence-corrected chi connectivity index (χ0v) is 14.6. The third kappa shape index (κ3) is 4.62. The number of hydrogen-bond acceptors (Lipinski definition) is 4. The Morgan fingerprint density at radius 1 is 1.57 bits per heavy atom. The first kappa shape index (κ1) is 17.1. The van der Waals surface area contributed by atoms with E-state index in [1.165, 1.54) is 25.0 Å². The molecule has 2 rings (SSSR count). The molecule has 0 spiro atoms. The number of methoxy groups -OCH3 is 1. The minimum absolute atomic E-state index is 0.280. The van der Waals surface area contributed by atoms with E-state index in [-0.39, 0.29) is 6.04 Å². The second kappa shape index (κ2) is 9.03. The molecule has 1 N–H and O–H groups in total. The Kier molecular flexibility index (Phi) is 7.37. The molecule has 0 bridgehead atoms. The number of ether oxygens (including phenoxy) is 1. The maximum atomic E-state index is 6.44. The average Bonchev–Trinajstić information content (AvgIpc) is 2.88. The molecule has 2 unspecified atom stereocenters. The van der Waals surface area contributed by atoms with Crippen LogP contribution in [0, 0.1) is 0 Å². The number of thioether (sulfide) groups is 1. The van der Waals surface area contributed by atoms with Crippen molar-refractivity contribution < 1.29 is 4.74 Å². The lowest BCUT2D eigenvalue weighted by Gasteiger charge is -2.31. The molecule has 0 saturated carbocycles. The molecule has 0 aliphatic carbocycles. The lowest BCUT2D eigenvalue weighted by atomic mass is 10.0. The molecule has 0 aromatic carbocycles. The number of rotatable bonds is 8. The van der Waals surface area contributed by atoms with Gasteiger partial charge in [-0.2, -0.15) is 16.9 Å². The zero-order valence-electron chi connectivity index (χ0n) is 13.0. The summed E-state index contributed by atoms with van der Waals surface area (Å²) in [6.45, 7) is 4.61. The minimum Gasteiger partial charge on any atom is -0.383 e. The molecule has 1 aromatic heterocycles. The summed E-state index contributed by atoms with van der Waals surface area (Å²) in [5.74, 6) is 1.25. The molecular weight excluding hydrogens is 306 g/mol. The Bertz CT molecular complexity index is 421. The van der Waals surface area contributed by atoms with E-state index in [0.29, 0.717) is 11.9 Å². The predicted octanol–water partition coefficient (Wildman–Crippen LogP) is 3.51. The Morgan fingerprint density at radius 2 is 2.43 bits per heavy atom. The fourth-order valence-electron chi connectivity index (χ4n) is 2.77. The van der Waals surface area contributed by atoms with Gasteiger partial charge in [0, 0.05) is 12.4 Å². The van der Waals surface area contributed by atoms with E-state index in [4.69, 9.17) is 16.3 Å². The van der Waals surface area contributed by atoms with E-state index in [1.54, 1.807) is 13.3 Å². The van der Waals surface area contributed by atoms with Gasteiger partial charge in [0.2, 0.25) is 0 Å². The molecule has 6 heteroatoms. The van der Waals surface area contributed by atoms with Crippen LogP contribution in [0.3, 0.4) is 0 Å². The third-order valence-electron chi connectivity index (χ3n) is 3.84. The number of nitrogens with zero attached hydrogens (tertiary/aromatic N) is 2. The van der Waals surface area contributed by atoms with Crippen molar-refractivity contribution in [3.05, 3.63) is 16.9 Å². The van der Waals surface area contributed by atoms with E-state index in [2.05, 4.69) is 29.1 Å². The van der Waals surface area contributed by atoms with Crippen LogP contribution in [0.4, 0.5) is 0 Å². The topological polar surface area (TPSA) is 39.1 Å². The Morgan fingerprint density at radius 3 is 3.10 bits per heavy atom. The van der Waals surface area contributed by atoms with Crippen molar-refractivity contribution in [3.63, 3.8) is 0 Å². The zero-order chi connectivity index (χ0) is 15.1. The van der Waals surface area contributed by atoms with Crippen LogP contribution >= 0.6 is 23.4 Å². The molecule has 0 radical (unpaired) electrons. The van der Waals surface area contributed by atoms with E-state index < -0.39 is 0 Å². The van der Waals surface area contributed by atoms with Crippen LogP contribution in [0.2, 0.25) is 5.02 Å². The van der Waals surface area contributed by atoms with Crippen LogP contribution in [0.25, 0.3) is 0 Å². The number of hydrogen-bond donors (Lipinski definition) is 1. The molecule has 4 nitrogen and oxygen atoms in total. The van der Waals surface area contributed by atoms with Crippen molar-refractivity contribution in [2.75, 3.05) is 26.0 Å². The minimum atomic E-state index is 0.280. The first-order valence-electron chi connectivity index (χ1n) is 7.83. The summed E-state index contributed by atoms with van der Waals surface area (Å²) in [7, 11) is 1.72. The monoisotopic (exact) mass is 331 g/mol. The molecule has 1 fully saturated rings. The summed E-state index contributed by atoms with van der Waals surface area (Å²) in [5.41, 5.74) is 1.13. The van der Waals surface area contributed by atoms with Crippen molar-refractivity contribution in [2.45, 2.75) is 50.4 Å². The Balaban J connectivity index is 2.19. The van der Waals surface area contributed by atoms with Gasteiger partial charge in [-0.1, -0.05) is 24.9 Å². The molecule has 1 aromatic rings. The van der Waals surface area contributed by atoms with Gasteiger partial charge in [0.05, 0.1) is 36.1 Å². The van der Waals surface area contributed by atoms with Gasteiger partial charge >= 0.3 is 0 Å². The smallest absolute Gasteiger partial charge is 0.0834 e. The molecule has 0 amide bonds. The average molecular weight is 332 g/mol. The fraction of sp³-hybridized carbons (Fsp3) is 0.800. The number of nitrogens with one attached hydrogen (secondary N) is 1. The highest BCUT2D eigenvalue weighted by atomic mass is 35.5. The maximum absolute atomic E-state index is 6.44. The predicted molar refractivity (Wildman–Crippen MR) is 90.2 cm³/mol. The van der Waals surface area contributed by atoms with Gasteiger partial charge in [-0.05, 0) is 31.6 Å². The molecule has 1 saturated heterocycles. The van der Waals surface area contributed by atoms with Crippen molar-refractivity contribution in [3.8, 4) is 0 Å². The van der Waals surface area contributed by atoms with E-state index in [0.717, 1.165) is 30.2 Å². The molecule has 120 valence electrons. The van der Waals surface area contributed by atoms with Crippen LogP contribution in [-0.4, -0.2) is 41.0 Å². The fourth-order valence-corrected chi connectivity index (χ4v) is 4.45. The van der Waals surface area contributed by atoms with E-state index in [1.807, 2.05) is 4.68 Å². The molecular formula is C15H26ClN3OS. The molecule has 2 heterocycles. The van der Waals surface area contributed by atoms with Gasteiger partial charge in [-0.25, -0.2) is 0 Å². The van der Waals surface area contributed by atoms with Crippen molar-refractivity contribution in [2.24, 2.45) is 0 Å². The normalized spacial score (nSPS) is 20.6. The second-order valence-electron chi connectivity index (χ2n) is 5.43. The summed E-state index contributed by atoms with van der Waals surface area (Å²) < 4.78 is 7.20. The van der Waals surface area contributed by atoms with E-state index >= 15 is 0 Å².